The van der Waals surface area contributed by atoms with E-state index in [1.807, 2.05) is 0 Å². The SMILES string of the molecule is Nc1c(C(=O)[O-])cnc2ncnn12.[Li+]. The minimum atomic E-state index is -1.39. The molecule has 2 N–H and O–H groups in total. The van der Waals surface area contributed by atoms with Gasteiger partial charge in [-0.2, -0.15) is 14.6 Å². The maximum Gasteiger partial charge on any atom is 1.00 e. The first-order chi connectivity index (χ1) is 6.20. The van der Waals surface area contributed by atoms with Gasteiger partial charge in [0.05, 0.1) is 11.5 Å². The molecule has 0 amide bonds. The van der Waals surface area contributed by atoms with E-state index in [4.69, 9.17) is 5.73 Å². The van der Waals surface area contributed by atoms with Gasteiger partial charge >= 0.3 is 18.9 Å². The first kappa shape index (κ1) is 10.5. The van der Waals surface area contributed by atoms with Gasteiger partial charge in [-0.25, -0.2) is 4.98 Å². The summed E-state index contributed by atoms with van der Waals surface area (Å²) in [5, 5.41) is 14.2. The summed E-state index contributed by atoms with van der Waals surface area (Å²) < 4.78 is 1.13. The number of fused-ring (bicyclic) bond motifs is 1. The van der Waals surface area contributed by atoms with Crippen LogP contribution in [0.2, 0.25) is 0 Å². The van der Waals surface area contributed by atoms with Crippen molar-refractivity contribution in [3.63, 3.8) is 0 Å². The molecule has 14 heavy (non-hydrogen) atoms. The molecule has 0 fully saturated rings. The van der Waals surface area contributed by atoms with Crippen LogP contribution in [0.4, 0.5) is 5.82 Å². The molecule has 0 bridgehead atoms. The zero-order valence-corrected chi connectivity index (χ0v) is 7.34. The second kappa shape index (κ2) is 3.65. The normalized spacial score (nSPS) is 9.71. The molecule has 66 valence electrons. The summed E-state index contributed by atoms with van der Waals surface area (Å²) in [7, 11) is 0. The van der Waals surface area contributed by atoms with E-state index in [9.17, 15) is 9.90 Å². The quantitative estimate of drug-likeness (QED) is 0.446. The molecule has 0 aliphatic heterocycles. The number of carbonyl (C=O) groups is 1. The third-order valence-corrected chi connectivity index (χ3v) is 1.56. The van der Waals surface area contributed by atoms with E-state index >= 15 is 0 Å². The Labute approximate surface area is 90.1 Å². The molecule has 2 heterocycles. The van der Waals surface area contributed by atoms with E-state index in [0.717, 1.165) is 10.7 Å². The van der Waals surface area contributed by atoms with Crippen LogP contribution >= 0.6 is 0 Å². The average molecular weight is 185 g/mol. The Morgan fingerprint density at radius 1 is 1.50 bits per heavy atom. The van der Waals surface area contributed by atoms with Gasteiger partial charge in [0, 0.05) is 6.20 Å². The molecular formula is C6H4LiN5O2. The minimum absolute atomic E-state index is 0. The van der Waals surface area contributed by atoms with E-state index < -0.39 is 5.97 Å². The van der Waals surface area contributed by atoms with Gasteiger partial charge < -0.3 is 15.6 Å². The van der Waals surface area contributed by atoms with Gasteiger partial charge in [-0.1, -0.05) is 0 Å². The zero-order chi connectivity index (χ0) is 9.42. The van der Waals surface area contributed by atoms with E-state index in [-0.39, 0.29) is 36.0 Å². The number of anilines is 1. The molecular weight excluding hydrogens is 181 g/mol. The number of carboxylic acids is 1. The Kier molecular flexibility index (Phi) is 2.74. The fourth-order valence-corrected chi connectivity index (χ4v) is 0.953. The number of nitrogen functional groups attached to an aromatic ring is 1. The smallest absolute Gasteiger partial charge is 0.545 e. The predicted molar refractivity (Wildman–Crippen MR) is 39.5 cm³/mol. The van der Waals surface area contributed by atoms with Crippen molar-refractivity contribution in [3.8, 4) is 0 Å². The fourth-order valence-electron chi connectivity index (χ4n) is 0.953. The topological polar surface area (TPSA) is 109 Å². The predicted octanol–water partition coefficient (Wildman–Crippen LogP) is -4.93. The van der Waals surface area contributed by atoms with E-state index in [1.165, 1.54) is 6.33 Å². The first-order valence-corrected chi connectivity index (χ1v) is 3.35. The van der Waals surface area contributed by atoms with E-state index in [2.05, 4.69) is 15.1 Å². The Balaban J connectivity index is 0.000000980. The molecule has 2 rings (SSSR count). The average Bonchev–Trinajstić information content (AvgIpc) is 2.52. The fraction of sp³-hybridized carbons (Fsp3) is 0. The number of aromatic carboxylic acids is 1. The third-order valence-electron chi connectivity index (χ3n) is 1.56. The van der Waals surface area contributed by atoms with E-state index in [1.54, 1.807) is 0 Å². The molecule has 0 aliphatic rings. The molecule has 0 spiro atoms. The Morgan fingerprint density at radius 3 is 2.86 bits per heavy atom. The Morgan fingerprint density at radius 2 is 2.21 bits per heavy atom. The van der Waals surface area contributed by atoms with Gasteiger partial charge in [-0.3, -0.25) is 0 Å². The molecule has 0 aromatic carbocycles. The molecule has 0 atom stereocenters. The number of nitrogens with two attached hydrogens (primary N) is 1. The first-order valence-electron chi connectivity index (χ1n) is 3.35. The maximum absolute atomic E-state index is 10.5. The van der Waals surface area contributed by atoms with Crippen molar-refractivity contribution in [3.05, 3.63) is 18.1 Å². The van der Waals surface area contributed by atoms with Crippen LogP contribution in [0.1, 0.15) is 10.4 Å². The number of hydrogen-bond acceptors (Lipinski definition) is 6. The number of hydrogen-bond donors (Lipinski definition) is 1. The summed E-state index contributed by atoms with van der Waals surface area (Å²) in [5.41, 5.74) is 5.27. The molecule has 2 aromatic heterocycles. The van der Waals surface area contributed by atoms with Crippen molar-refractivity contribution in [2.24, 2.45) is 0 Å². The van der Waals surface area contributed by atoms with Crippen LogP contribution in [0.5, 0.6) is 0 Å². The molecule has 7 nitrogen and oxygen atoms in total. The zero-order valence-electron chi connectivity index (χ0n) is 7.34. The summed E-state index contributed by atoms with van der Waals surface area (Å²) in [6.45, 7) is 0. The largest absolute Gasteiger partial charge is 1.00 e. The Bertz CT molecular complexity index is 482. The summed E-state index contributed by atoms with van der Waals surface area (Å²) in [6.07, 6.45) is 2.33. The number of nitrogens with zero attached hydrogens (tertiary/aromatic N) is 4. The van der Waals surface area contributed by atoms with Crippen LogP contribution in [0.3, 0.4) is 0 Å². The molecule has 0 saturated heterocycles. The van der Waals surface area contributed by atoms with Gasteiger partial charge in [0.2, 0.25) is 0 Å². The number of carbonyl (C=O) groups excluding carboxylic acids is 1. The third kappa shape index (κ3) is 1.43. The monoisotopic (exact) mass is 185 g/mol. The van der Waals surface area contributed by atoms with Crippen molar-refractivity contribution in [1.29, 1.82) is 0 Å². The van der Waals surface area contributed by atoms with Crippen LogP contribution in [0.25, 0.3) is 5.78 Å². The molecule has 2 aromatic rings. The van der Waals surface area contributed by atoms with Gasteiger partial charge in [-0.05, 0) is 0 Å². The molecule has 0 saturated carbocycles. The standard InChI is InChI=1S/C6H5N5O2.Li/c7-4-3(5(12)13)1-8-6-9-2-10-11(4)6;/h1-2H,7H2,(H,12,13);/q;+1/p-1. The maximum atomic E-state index is 10.5. The van der Waals surface area contributed by atoms with Crippen LogP contribution in [0, 0.1) is 0 Å². The second-order valence-electron chi connectivity index (χ2n) is 2.32. The summed E-state index contributed by atoms with van der Waals surface area (Å²) >= 11 is 0. The molecule has 0 aliphatic carbocycles. The van der Waals surface area contributed by atoms with Crippen LogP contribution in [0.15, 0.2) is 12.5 Å². The number of rotatable bonds is 1. The van der Waals surface area contributed by atoms with Gasteiger partial charge in [-0.15, -0.1) is 0 Å². The van der Waals surface area contributed by atoms with Crippen molar-refractivity contribution in [1.82, 2.24) is 19.6 Å². The summed E-state index contributed by atoms with van der Waals surface area (Å²) in [4.78, 5) is 17.9. The van der Waals surface area contributed by atoms with Crippen LogP contribution in [-0.4, -0.2) is 25.6 Å². The van der Waals surface area contributed by atoms with E-state index in [0.29, 0.717) is 0 Å². The second-order valence-corrected chi connectivity index (χ2v) is 2.32. The van der Waals surface area contributed by atoms with Gasteiger partial charge in [0.1, 0.15) is 12.1 Å². The number of aromatic nitrogens is 4. The van der Waals surface area contributed by atoms with Crippen molar-refractivity contribution in [2.45, 2.75) is 0 Å². The molecule has 0 radical (unpaired) electrons. The Hall–Kier alpha value is -1.58. The van der Waals surface area contributed by atoms with Gasteiger partial charge in [0.25, 0.3) is 5.78 Å². The van der Waals surface area contributed by atoms with Crippen molar-refractivity contribution in [2.75, 3.05) is 5.73 Å². The van der Waals surface area contributed by atoms with Crippen LogP contribution in [-0.2, 0) is 0 Å². The minimum Gasteiger partial charge on any atom is -0.545 e. The van der Waals surface area contributed by atoms with Gasteiger partial charge in [0.15, 0.2) is 0 Å². The van der Waals surface area contributed by atoms with Crippen LogP contribution < -0.4 is 29.7 Å². The molecule has 0 unspecified atom stereocenters. The summed E-state index contributed by atoms with van der Waals surface area (Å²) in [5.74, 6) is -1.17. The van der Waals surface area contributed by atoms with Crippen molar-refractivity contribution < 1.29 is 28.8 Å². The van der Waals surface area contributed by atoms with Crippen molar-refractivity contribution >= 4 is 17.6 Å². The molecule has 8 heteroatoms. The summed E-state index contributed by atoms with van der Waals surface area (Å²) in [6, 6.07) is 0. The number of carboxylic acid groups (broad SMARTS) is 1.